The lowest BCUT2D eigenvalue weighted by atomic mass is 9.88. The SMILES string of the molecule is CCCCN(CCC)C(=O)C1c2ccccc2-c2cccc(-c3ccc(NC(=O)c4ccccc4)cc3)c21. The van der Waals surface area contributed by atoms with E-state index in [9.17, 15) is 9.59 Å². The molecule has 2 amide bonds. The van der Waals surface area contributed by atoms with Gasteiger partial charge in [-0.25, -0.2) is 0 Å². The fraction of sp³-hybridized carbons (Fsp3) is 0.235. The molecule has 0 heterocycles. The van der Waals surface area contributed by atoms with Gasteiger partial charge in [0.1, 0.15) is 0 Å². The van der Waals surface area contributed by atoms with Crippen molar-refractivity contribution < 1.29 is 9.59 Å². The van der Waals surface area contributed by atoms with Crippen LogP contribution in [0.2, 0.25) is 0 Å². The van der Waals surface area contributed by atoms with Gasteiger partial charge in [-0.1, -0.05) is 93.1 Å². The lowest BCUT2D eigenvalue weighted by Crippen LogP contribution is -2.36. The molecule has 0 spiro atoms. The third-order valence-corrected chi connectivity index (χ3v) is 7.28. The Morgan fingerprint density at radius 1 is 0.711 bits per heavy atom. The molecule has 1 atom stereocenters. The van der Waals surface area contributed by atoms with E-state index in [4.69, 9.17) is 0 Å². The van der Waals surface area contributed by atoms with Gasteiger partial charge in [0.05, 0.1) is 5.92 Å². The van der Waals surface area contributed by atoms with Crippen LogP contribution in [0.1, 0.15) is 60.5 Å². The van der Waals surface area contributed by atoms with Crippen molar-refractivity contribution in [1.82, 2.24) is 4.90 Å². The van der Waals surface area contributed by atoms with Gasteiger partial charge in [-0.05, 0) is 70.5 Å². The van der Waals surface area contributed by atoms with Gasteiger partial charge in [-0.15, -0.1) is 0 Å². The lowest BCUT2D eigenvalue weighted by Gasteiger charge is -2.27. The first kappa shape index (κ1) is 25.5. The molecule has 0 aromatic heterocycles. The van der Waals surface area contributed by atoms with Crippen molar-refractivity contribution in [3.05, 3.63) is 114 Å². The molecule has 4 nitrogen and oxygen atoms in total. The molecule has 0 fully saturated rings. The first-order valence-electron chi connectivity index (χ1n) is 13.6. The van der Waals surface area contributed by atoms with E-state index in [-0.39, 0.29) is 17.7 Å². The summed E-state index contributed by atoms with van der Waals surface area (Å²) in [6.45, 7) is 5.85. The Labute approximate surface area is 225 Å². The number of nitrogens with zero attached hydrogens (tertiary/aromatic N) is 1. The monoisotopic (exact) mass is 502 g/mol. The molecule has 1 N–H and O–H groups in total. The molecule has 1 aliphatic rings. The Kier molecular flexibility index (Phi) is 7.69. The van der Waals surface area contributed by atoms with Gasteiger partial charge in [-0.3, -0.25) is 9.59 Å². The predicted molar refractivity (Wildman–Crippen MR) is 155 cm³/mol. The van der Waals surface area contributed by atoms with E-state index < -0.39 is 0 Å². The fourth-order valence-corrected chi connectivity index (χ4v) is 5.43. The maximum atomic E-state index is 14.1. The summed E-state index contributed by atoms with van der Waals surface area (Å²) in [5, 5.41) is 2.98. The van der Waals surface area contributed by atoms with Gasteiger partial charge in [0.2, 0.25) is 5.91 Å². The zero-order valence-corrected chi connectivity index (χ0v) is 22.1. The minimum atomic E-state index is -0.321. The molecule has 0 saturated carbocycles. The smallest absolute Gasteiger partial charge is 0.255 e. The summed E-state index contributed by atoms with van der Waals surface area (Å²) in [6.07, 6.45) is 3.00. The molecule has 4 heteroatoms. The van der Waals surface area contributed by atoms with Crippen molar-refractivity contribution in [1.29, 1.82) is 0 Å². The minimum Gasteiger partial charge on any atom is -0.342 e. The molecular weight excluding hydrogens is 468 g/mol. The molecule has 192 valence electrons. The van der Waals surface area contributed by atoms with Gasteiger partial charge in [0.25, 0.3) is 5.91 Å². The van der Waals surface area contributed by atoms with Crippen LogP contribution < -0.4 is 5.32 Å². The molecule has 38 heavy (non-hydrogen) atoms. The van der Waals surface area contributed by atoms with E-state index in [0.29, 0.717) is 5.56 Å². The van der Waals surface area contributed by atoms with Crippen LogP contribution in [0.3, 0.4) is 0 Å². The third kappa shape index (κ3) is 4.99. The Morgan fingerprint density at radius 3 is 2.13 bits per heavy atom. The summed E-state index contributed by atoms with van der Waals surface area (Å²) in [6, 6.07) is 31.8. The third-order valence-electron chi connectivity index (χ3n) is 7.28. The number of hydrogen-bond donors (Lipinski definition) is 1. The van der Waals surface area contributed by atoms with E-state index in [2.05, 4.69) is 54.4 Å². The number of amides is 2. The molecule has 1 aliphatic carbocycles. The van der Waals surface area contributed by atoms with Crippen molar-refractivity contribution in [3.8, 4) is 22.3 Å². The second-order valence-electron chi connectivity index (χ2n) is 9.86. The van der Waals surface area contributed by atoms with Crippen LogP contribution in [-0.2, 0) is 4.79 Å². The van der Waals surface area contributed by atoms with E-state index >= 15 is 0 Å². The van der Waals surface area contributed by atoms with Crippen LogP contribution in [0, 0.1) is 0 Å². The summed E-state index contributed by atoms with van der Waals surface area (Å²) in [5.74, 6) is -0.271. The van der Waals surface area contributed by atoms with E-state index in [0.717, 1.165) is 71.4 Å². The highest BCUT2D eigenvalue weighted by molar-refractivity contribution is 6.04. The molecule has 0 radical (unpaired) electrons. The van der Waals surface area contributed by atoms with Gasteiger partial charge >= 0.3 is 0 Å². The molecule has 4 aromatic rings. The number of hydrogen-bond acceptors (Lipinski definition) is 2. The Bertz CT molecular complexity index is 1430. The van der Waals surface area contributed by atoms with Crippen LogP contribution in [-0.4, -0.2) is 29.8 Å². The van der Waals surface area contributed by atoms with E-state index in [1.54, 1.807) is 12.1 Å². The number of carbonyl (C=O) groups excluding carboxylic acids is 2. The van der Waals surface area contributed by atoms with Gasteiger partial charge < -0.3 is 10.2 Å². The molecule has 0 bridgehead atoms. The van der Waals surface area contributed by atoms with Crippen LogP contribution >= 0.6 is 0 Å². The maximum absolute atomic E-state index is 14.1. The molecule has 5 rings (SSSR count). The lowest BCUT2D eigenvalue weighted by molar-refractivity contribution is -0.131. The number of carbonyl (C=O) groups is 2. The standard InChI is InChI=1S/C34H34N2O2/c1-3-5-23-36(22-4-2)34(38)32-30-15-10-9-14-28(30)29-17-11-16-27(31(29)32)24-18-20-26(21-19-24)35-33(37)25-12-7-6-8-13-25/h6-21,32H,3-5,22-23H2,1-2H3,(H,35,37). The highest BCUT2D eigenvalue weighted by Crippen LogP contribution is 2.49. The molecular formula is C34H34N2O2. The number of rotatable bonds is 9. The van der Waals surface area contributed by atoms with Crippen LogP contribution in [0.15, 0.2) is 97.1 Å². The number of benzene rings is 4. The maximum Gasteiger partial charge on any atom is 0.255 e. The van der Waals surface area contributed by atoms with Crippen molar-refractivity contribution in [2.75, 3.05) is 18.4 Å². The largest absolute Gasteiger partial charge is 0.342 e. The average molecular weight is 503 g/mol. The highest BCUT2D eigenvalue weighted by atomic mass is 16.2. The van der Waals surface area contributed by atoms with Crippen molar-refractivity contribution in [2.45, 2.75) is 39.0 Å². The summed E-state index contributed by atoms with van der Waals surface area (Å²) in [7, 11) is 0. The number of nitrogens with one attached hydrogen (secondary N) is 1. The van der Waals surface area contributed by atoms with Crippen molar-refractivity contribution in [3.63, 3.8) is 0 Å². The predicted octanol–water partition coefficient (Wildman–Crippen LogP) is 7.76. The fourth-order valence-electron chi connectivity index (χ4n) is 5.43. The zero-order valence-electron chi connectivity index (χ0n) is 22.1. The van der Waals surface area contributed by atoms with Crippen LogP contribution in [0.4, 0.5) is 5.69 Å². The highest BCUT2D eigenvalue weighted by Gasteiger charge is 2.37. The Hall–Kier alpha value is -4.18. The van der Waals surface area contributed by atoms with Gasteiger partial charge in [0, 0.05) is 24.3 Å². The minimum absolute atomic E-state index is 0.136. The zero-order chi connectivity index (χ0) is 26.5. The average Bonchev–Trinajstić information content (AvgIpc) is 3.30. The first-order chi connectivity index (χ1) is 18.6. The van der Waals surface area contributed by atoms with E-state index in [1.807, 2.05) is 54.6 Å². The van der Waals surface area contributed by atoms with Crippen LogP contribution in [0.25, 0.3) is 22.3 Å². The Balaban J connectivity index is 1.50. The molecule has 1 unspecified atom stereocenters. The first-order valence-corrected chi connectivity index (χ1v) is 13.6. The molecule has 0 aliphatic heterocycles. The van der Waals surface area contributed by atoms with Gasteiger partial charge in [0.15, 0.2) is 0 Å². The second-order valence-corrected chi connectivity index (χ2v) is 9.86. The number of anilines is 1. The quantitative estimate of drug-likeness (QED) is 0.254. The second kappa shape index (κ2) is 11.5. The number of unbranched alkanes of at least 4 members (excludes halogenated alkanes) is 1. The Morgan fingerprint density at radius 2 is 1.39 bits per heavy atom. The van der Waals surface area contributed by atoms with Crippen molar-refractivity contribution in [2.24, 2.45) is 0 Å². The molecule has 4 aromatic carbocycles. The summed E-state index contributed by atoms with van der Waals surface area (Å²) < 4.78 is 0. The molecule has 0 saturated heterocycles. The normalized spacial score (nSPS) is 13.5. The summed E-state index contributed by atoms with van der Waals surface area (Å²) in [5.41, 5.74) is 7.88. The summed E-state index contributed by atoms with van der Waals surface area (Å²) in [4.78, 5) is 28.8. The topological polar surface area (TPSA) is 49.4 Å². The van der Waals surface area contributed by atoms with E-state index in [1.165, 1.54) is 0 Å². The van der Waals surface area contributed by atoms with Crippen molar-refractivity contribution >= 4 is 17.5 Å². The number of fused-ring (bicyclic) bond motifs is 3. The summed E-state index contributed by atoms with van der Waals surface area (Å²) >= 11 is 0. The van der Waals surface area contributed by atoms with Gasteiger partial charge in [-0.2, -0.15) is 0 Å². The van der Waals surface area contributed by atoms with Crippen LogP contribution in [0.5, 0.6) is 0 Å².